The van der Waals surface area contributed by atoms with Gasteiger partial charge in [-0.25, -0.2) is 9.67 Å². The molecule has 4 heterocycles. The molecule has 0 spiro atoms. The van der Waals surface area contributed by atoms with E-state index in [1.54, 1.807) is 27.5 Å². The summed E-state index contributed by atoms with van der Waals surface area (Å²) in [5, 5.41) is 9.95. The summed E-state index contributed by atoms with van der Waals surface area (Å²) in [6.45, 7) is 4.54. The van der Waals surface area contributed by atoms with Gasteiger partial charge in [-0.15, -0.1) is 0 Å². The van der Waals surface area contributed by atoms with Crippen LogP contribution in [-0.2, 0) is 0 Å². The number of nitrogens with zero attached hydrogens (tertiary/aromatic N) is 8. The van der Waals surface area contributed by atoms with Crippen LogP contribution in [0, 0.1) is 6.92 Å². The Morgan fingerprint density at radius 1 is 1.06 bits per heavy atom. The SMILES string of the molecule is Cc1cc(N2CCN(C(=O)c3cnn(-c4ccc(Cl)cc4Cl)c3C3CC3)CC2)n2ncnc2n1. The van der Waals surface area contributed by atoms with Crippen LogP contribution in [0.1, 0.15) is 40.5 Å². The molecule has 9 nitrogen and oxygen atoms in total. The molecular formula is C23H22Cl2N8O. The molecule has 0 radical (unpaired) electrons. The number of aromatic nitrogens is 6. The summed E-state index contributed by atoms with van der Waals surface area (Å²) in [5.41, 5.74) is 3.21. The number of rotatable bonds is 4. The predicted octanol–water partition coefficient (Wildman–Crippen LogP) is 3.77. The van der Waals surface area contributed by atoms with Crippen molar-refractivity contribution in [3.05, 3.63) is 63.8 Å². The standard InChI is InChI=1S/C23H22Cl2N8O/c1-14-10-20(33-23(29-14)26-13-28-33)30-6-8-31(9-7-30)22(34)17-12-27-32(21(17)15-2-3-15)19-5-4-16(24)11-18(19)25/h4-5,10-13,15H,2-3,6-9H2,1H3. The third-order valence-corrected chi connectivity index (χ3v) is 6.93. The molecule has 0 bridgehead atoms. The minimum atomic E-state index is 0.00898. The van der Waals surface area contributed by atoms with Crippen molar-refractivity contribution in [1.29, 1.82) is 0 Å². The average Bonchev–Trinajstić information content (AvgIpc) is 3.39. The van der Waals surface area contributed by atoms with Crippen molar-refractivity contribution in [2.24, 2.45) is 0 Å². The van der Waals surface area contributed by atoms with E-state index in [0.717, 1.165) is 35.7 Å². The summed E-state index contributed by atoms with van der Waals surface area (Å²) < 4.78 is 3.55. The molecule has 3 aromatic heterocycles. The lowest BCUT2D eigenvalue weighted by molar-refractivity contribution is 0.0745. The van der Waals surface area contributed by atoms with Gasteiger partial charge < -0.3 is 9.80 Å². The first-order chi connectivity index (χ1) is 16.5. The molecule has 1 saturated heterocycles. The maximum absolute atomic E-state index is 13.6. The van der Waals surface area contributed by atoms with Crippen LogP contribution >= 0.6 is 23.2 Å². The second-order valence-corrected chi connectivity index (χ2v) is 9.58. The summed E-state index contributed by atoms with van der Waals surface area (Å²) in [4.78, 5) is 26.3. The number of fused-ring (bicyclic) bond motifs is 1. The Hall–Kier alpha value is -3.17. The number of amides is 1. The average molecular weight is 497 g/mol. The van der Waals surface area contributed by atoms with Crippen molar-refractivity contribution >= 4 is 40.7 Å². The highest BCUT2D eigenvalue weighted by atomic mass is 35.5. The van der Waals surface area contributed by atoms with Crippen LogP contribution in [0.5, 0.6) is 0 Å². The van der Waals surface area contributed by atoms with Crippen LogP contribution < -0.4 is 4.90 Å². The fraction of sp³-hybridized carbons (Fsp3) is 0.348. The lowest BCUT2D eigenvalue weighted by Crippen LogP contribution is -2.49. The molecule has 0 unspecified atom stereocenters. The Bertz CT molecular complexity index is 1400. The van der Waals surface area contributed by atoms with Crippen molar-refractivity contribution in [3.8, 4) is 5.69 Å². The third kappa shape index (κ3) is 3.69. The van der Waals surface area contributed by atoms with Gasteiger partial charge in [-0.1, -0.05) is 23.2 Å². The molecule has 2 aliphatic rings. The molecule has 0 atom stereocenters. The van der Waals surface area contributed by atoms with E-state index in [1.165, 1.54) is 6.33 Å². The Balaban J connectivity index is 1.25. The molecule has 1 aromatic carbocycles. The second kappa shape index (κ2) is 8.25. The molecule has 174 valence electrons. The number of carbonyl (C=O) groups is 1. The number of aryl methyl sites for hydroxylation is 1. The monoisotopic (exact) mass is 496 g/mol. The summed E-state index contributed by atoms with van der Waals surface area (Å²) in [5.74, 6) is 1.84. The molecule has 2 fully saturated rings. The normalized spacial score (nSPS) is 16.4. The van der Waals surface area contributed by atoms with Gasteiger partial charge in [0.2, 0.25) is 0 Å². The zero-order valence-electron chi connectivity index (χ0n) is 18.5. The van der Waals surface area contributed by atoms with Crippen LogP contribution in [0.25, 0.3) is 11.5 Å². The van der Waals surface area contributed by atoms with E-state index >= 15 is 0 Å². The highest BCUT2D eigenvalue weighted by Gasteiger charge is 2.35. The van der Waals surface area contributed by atoms with Crippen LogP contribution in [0.2, 0.25) is 10.0 Å². The van der Waals surface area contributed by atoms with Gasteiger partial charge in [-0.3, -0.25) is 4.79 Å². The van der Waals surface area contributed by atoms with Crippen LogP contribution in [0.4, 0.5) is 5.82 Å². The molecule has 1 aliphatic heterocycles. The molecular weight excluding hydrogens is 475 g/mol. The molecule has 1 saturated carbocycles. The van der Waals surface area contributed by atoms with Gasteiger partial charge >= 0.3 is 0 Å². The summed E-state index contributed by atoms with van der Waals surface area (Å²) in [7, 11) is 0. The van der Waals surface area contributed by atoms with Gasteiger partial charge in [-0.05, 0) is 38.0 Å². The van der Waals surface area contributed by atoms with E-state index < -0.39 is 0 Å². The van der Waals surface area contributed by atoms with Gasteiger partial charge in [0, 0.05) is 48.9 Å². The number of hydrogen-bond donors (Lipinski definition) is 0. The summed E-state index contributed by atoms with van der Waals surface area (Å²) in [6.07, 6.45) is 5.27. The summed E-state index contributed by atoms with van der Waals surface area (Å²) in [6, 6.07) is 7.33. The minimum Gasteiger partial charge on any atom is -0.353 e. The number of piperazine rings is 1. The molecule has 6 rings (SSSR count). The van der Waals surface area contributed by atoms with Crippen LogP contribution in [0.15, 0.2) is 36.8 Å². The Kier molecular flexibility index (Phi) is 5.18. The van der Waals surface area contributed by atoms with Gasteiger partial charge in [0.05, 0.1) is 28.2 Å². The first kappa shape index (κ1) is 21.4. The van der Waals surface area contributed by atoms with E-state index in [2.05, 4.69) is 25.1 Å². The minimum absolute atomic E-state index is 0.00898. The zero-order chi connectivity index (χ0) is 23.4. The highest BCUT2D eigenvalue weighted by molar-refractivity contribution is 6.35. The number of benzene rings is 1. The van der Waals surface area contributed by atoms with E-state index in [4.69, 9.17) is 23.2 Å². The van der Waals surface area contributed by atoms with Crippen molar-refractivity contribution in [1.82, 2.24) is 34.3 Å². The zero-order valence-corrected chi connectivity index (χ0v) is 20.0. The van der Waals surface area contributed by atoms with Crippen molar-refractivity contribution < 1.29 is 4.79 Å². The maximum atomic E-state index is 13.6. The smallest absolute Gasteiger partial charge is 0.257 e. The Morgan fingerprint density at radius 2 is 1.85 bits per heavy atom. The van der Waals surface area contributed by atoms with Crippen LogP contribution in [-0.4, -0.2) is 66.3 Å². The molecule has 11 heteroatoms. The van der Waals surface area contributed by atoms with Gasteiger partial charge in [0.15, 0.2) is 0 Å². The molecule has 1 amide bonds. The van der Waals surface area contributed by atoms with Gasteiger partial charge in [0.1, 0.15) is 12.1 Å². The quantitative estimate of drug-likeness (QED) is 0.427. The molecule has 34 heavy (non-hydrogen) atoms. The van der Waals surface area contributed by atoms with Gasteiger partial charge in [0.25, 0.3) is 11.7 Å². The number of halogens is 2. The lowest BCUT2D eigenvalue weighted by Gasteiger charge is -2.36. The number of anilines is 1. The number of carbonyl (C=O) groups excluding carboxylic acids is 1. The van der Waals surface area contributed by atoms with E-state index in [1.807, 2.05) is 24.0 Å². The Labute approximate surface area is 205 Å². The van der Waals surface area contributed by atoms with Crippen molar-refractivity contribution in [3.63, 3.8) is 0 Å². The topological polar surface area (TPSA) is 84.5 Å². The fourth-order valence-corrected chi connectivity index (χ4v) is 5.05. The summed E-state index contributed by atoms with van der Waals surface area (Å²) >= 11 is 12.5. The third-order valence-electron chi connectivity index (χ3n) is 6.39. The van der Waals surface area contributed by atoms with Crippen LogP contribution in [0.3, 0.4) is 0 Å². The van der Waals surface area contributed by atoms with E-state index in [-0.39, 0.29) is 5.91 Å². The number of hydrogen-bond acceptors (Lipinski definition) is 6. The lowest BCUT2D eigenvalue weighted by atomic mass is 10.1. The van der Waals surface area contributed by atoms with E-state index in [0.29, 0.717) is 53.5 Å². The molecule has 1 aliphatic carbocycles. The maximum Gasteiger partial charge on any atom is 0.257 e. The first-order valence-corrected chi connectivity index (χ1v) is 12.0. The van der Waals surface area contributed by atoms with Gasteiger partial charge in [-0.2, -0.15) is 19.7 Å². The largest absolute Gasteiger partial charge is 0.353 e. The molecule has 4 aromatic rings. The molecule has 0 N–H and O–H groups in total. The highest BCUT2D eigenvalue weighted by Crippen LogP contribution is 2.43. The second-order valence-electron chi connectivity index (χ2n) is 8.73. The predicted molar refractivity (Wildman–Crippen MR) is 129 cm³/mol. The van der Waals surface area contributed by atoms with Crippen molar-refractivity contribution in [2.45, 2.75) is 25.7 Å². The first-order valence-electron chi connectivity index (χ1n) is 11.2. The van der Waals surface area contributed by atoms with E-state index in [9.17, 15) is 4.79 Å². The van der Waals surface area contributed by atoms with Crippen molar-refractivity contribution in [2.75, 3.05) is 31.1 Å². The Morgan fingerprint density at radius 3 is 2.59 bits per heavy atom. The fourth-order valence-electron chi connectivity index (χ4n) is 4.56.